The number of amides is 1. The number of hydrogen-bond donors (Lipinski definition) is 1. The first-order chi connectivity index (χ1) is 11.6. The molecule has 1 N–H and O–H groups in total. The molecule has 7 nitrogen and oxygen atoms in total. The highest BCUT2D eigenvalue weighted by Crippen LogP contribution is 2.28. The Morgan fingerprint density at radius 2 is 2.04 bits per heavy atom. The predicted octanol–water partition coefficient (Wildman–Crippen LogP) is 2.06. The number of pyridine rings is 1. The van der Waals surface area contributed by atoms with Gasteiger partial charge in [-0.3, -0.25) is 9.59 Å². The van der Waals surface area contributed by atoms with Crippen LogP contribution in [0.4, 0.5) is 18.3 Å². The van der Waals surface area contributed by atoms with Crippen LogP contribution in [0.3, 0.4) is 0 Å². The number of nitrogens with one attached hydrogen (secondary N) is 1. The standard InChI is InChI=1S/C14H12F3N3O4S/c1-7-11(12(23)24-2)25-13(18-7)19-9(21)6-20-5-8(14(15,16)17)3-4-10(20)22/h3-5H,6H2,1-2H3,(H,18,19,21). The molecule has 0 fully saturated rings. The fourth-order valence-electron chi connectivity index (χ4n) is 1.87. The number of anilines is 1. The van der Waals surface area contributed by atoms with Gasteiger partial charge in [-0.05, 0) is 13.0 Å². The number of nitrogens with zero attached hydrogens (tertiary/aromatic N) is 2. The van der Waals surface area contributed by atoms with E-state index < -0.39 is 35.7 Å². The number of thiazole rings is 1. The second kappa shape index (κ2) is 7.05. The summed E-state index contributed by atoms with van der Waals surface area (Å²) < 4.78 is 43.2. The first kappa shape index (κ1) is 18.6. The van der Waals surface area contributed by atoms with Gasteiger partial charge in [0.05, 0.1) is 18.4 Å². The van der Waals surface area contributed by atoms with Crippen molar-refractivity contribution in [3.05, 3.63) is 44.8 Å². The number of methoxy groups -OCH3 is 1. The number of aryl methyl sites for hydroxylation is 1. The van der Waals surface area contributed by atoms with Crippen molar-refractivity contribution in [1.82, 2.24) is 9.55 Å². The van der Waals surface area contributed by atoms with Crippen LogP contribution < -0.4 is 10.9 Å². The van der Waals surface area contributed by atoms with Crippen LogP contribution in [0, 0.1) is 6.92 Å². The van der Waals surface area contributed by atoms with Gasteiger partial charge < -0.3 is 14.6 Å². The van der Waals surface area contributed by atoms with Crippen LogP contribution in [0.5, 0.6) is 0 Å². The fraction of sp³-hybridized carbons (Fsp3) is 0.286. The lowest BCUT2D eigenvalue weighted by Gasteiger charge is -2.10. The normalized spacial score (nSPS) is 11.2. The van der Waals surface area contributed by atoms with E-state index in [2.05, 4.69) is 15.0 Å². The number of esters is 1. The average Bonchev–Trinajstić information content (AvgIpc) is 2.87. The first-order valence-corrected chi connectivity index (χ1v) is 7.56. The third-order valence-electron chi connectivity index (χ3n) is 3.04. The van der Waals surface area contributed by atoms with E-state index in [9.17, 15) is 27.6 Å². The fourth-order valence-corrected chi connectivity index (χ4v) is 2.77. The second-order valence-corrected chi connectivity index (χ2v) is 5.85. The average molecular weight is 375 g/mol. The van der Waals surface area contributed by atoms with Crippen LogP contribution in [-0.2, 0) is 22.3 Å². The summed E-state index contributed by atoms with van der Waals surface area (Å²) in [6.07, 6.45) is -4.07. The minimum Gasteiger partial charge on any atom is -0.465 e. The number of halogens is 3. The highest BCUT2D eigenvalue weighted by Gasteiger charge is 2.31. The molecule has 0 radical (unpaired) electrons. The molecule has 0 atom stereocenters. The molecule has 11 heteroatoms. The molecular formula is C14H12F3N3O4S. The molecule has 0 aliphatic carbocycles. The van der Waals surface area contributed by atoms with Crippen LogP contribution in [0.1, 0.15) is 20.9 Å². The van der Waals surface area contributed by atoms with Crippen LogP contribution in [0.15, 0.2) is 23.1 Å². The van der Waals surface area contributed by atoms with E-state index in [-0.39, 0.29) is 10.0 Å². The smallest absolute Gasteiger partial charge is 0.417 e. The van der Waals surface area contributed by atoms with Crippen molar-refractivity contribution in [2.24, 2.45) is 0 Å². The quantitative estimate of drug-likeness (QED) is 0.826. The van der Waals surface area contributed by atoms with Gasteiger partial charge >= 0.3 is 12.1 Å². The van der Waals surface area contributed by atoms with Crippen molar-refractivity contribution in [3.8, 4) is 0 Å². The summed E-state index contributed by atoms with van der Waals surface area (Å²) in [7, 11) is 1.19. The minimum atomic E-state index is -4.63. The van der Waals surface area contributed by atoms with Gasteiger partial charge in [-0.15, -0.1) is 0 Å². The monoisotopic (exact) mass is 375 g/mol. The molecular weight excluding hydrogens is 363 g/mol. The molecule has 0 saturated carbocycles. The third-order valence-corrected chi connectivity index (χ3v) is 4.09. The Morgan fingerprint density at radius 3 is 2.64 bits per heavy atom. The lowest BCUT2D eigenvalue weighted by molar-refractivity contribution is -0.138. The Morgan fingerprint density at radius 1 is 1.36 bits per heavy atom. The van der Waals surface area contributed by atoms with Crippen molar-refractivity contribution in [3.63, 3.8) is 0 Å². The maximum atomic E-state index is 12.7. The SMILES string of the molecule is COC(=O)c1sc(NC(=O)Cn2cc(C(F)(F)F)ccc2=O)nc1C. The molecule has 0 aromatic carbocycles. The molecule has 0 aliphatic rings. The summed E-state index contributed by atoms with van der Waals surface area (Å²) >= 11 is 0.858. The Labute approximate surface area is 143 Å². The zero-order valence-electron chi connectivity index (χ0n) is 13.0. The lowest BCUT2D eigenvalue weighted by atomic mass is 10.3. The van der Waals surface area contributed by atoms with Crippen molar-refractivity contribution in [1.29, 1.82) is 0 Å². The Kier molecular flexibility index (Phi) is 5.26. The summed E-state index contributed by atoms with van der Waals surface area (Å²) in [4.78, 5) is 39.2. The van der Waals surface area contributed by atoms with Crippen molar-refractivity contribution < 1.29 is 27.5 Å². The molecule has 134 valence electrons. The van der Waals surface area contributed by atoms with Crippen molar-refractivity contribution in [2.75, 3.05) is 12.4 Å². The summed E-state index contributed by atoms with van der Waals surface area (Å²) in [5, 5.41) is 2.41. The van der Waals surface area contributed by atoms with Gasteiger partial charge in [0.25, 0.3) is 5.56 Å². The van der Waals surface area contributed by atoms with Crippen LogP contribution in [-0.4, -0.2) is 28.5 Å². The number of carbonyl (C=O) groups excluding carboxylic acids is 2. The number of rotatable bonds is 4. The van der Waals surface area contributed by atoms with Crippen LogP contribution in [0.2, 0.25) is 0 Å². The zero-order chi connectivity index (χ0) is 18.8. The largest absolute Gasteiger partial charge is 0.465 e. The van der Waals surface area contributed by atoms with Crippen LogP contribution >= 0.6 is 11.3 Å². The van der Waals surface area contributed by atoms with Gasteiger partial charge in [-0.1, -0.05) is 11.3 Å². The predicted molar refractivity (Wildman–Crippen MR) is 82.5 cm³/mol. The molecule has 0 bridgehead atoms. The van der Waals surface area contributed by atoms with Gasteiger partial charge in [0.1, 0.15) is 11.4 Å². The van der Waals surface area contributed by atoms with Gasteiger partial charge in [0.15, 0.2) is 5.13 Å². The van der Waals surface area contributed by atoms with E-state index in [4.69, 9.17) is 0 Å². The van der Waals surface area contributed by atoms with Crippen molar-refractivity contribution >= 4 is 28.3 Å². The maximum absolute atomic E-state index is 12.7. The Balaban J connectivity index is 2.16. The molecule has 1 amide bonds. The third kappa shape index (κ3) is 4.44. The summed E-state index contributed by atoms with van der Waals surface area (Å²) in [6.45, 7) is 0.907. The zero-order valence-corrected chi connectivity index (χ0v) is 13.8. The van der Waals surface area contributed by atoms with E-state index in [1.165, 1.54) is 14.0 Å². The second-order valence-electron chi connectivity index (χ2n) is 4.85. The highest BCUT2D eigenvalue weighted by molar-refractivity contribution is 7.17. The molecule has 0 aliphatic heterocycles. The lowest BCUT2D eigenvalue weighted by Crippen LogP contribution is -2.28. The van der Waals surface area contributed by atoms with Crippen LogP contribution in [0.25, 0.3) is 0 Å². The highest BCUT2D eigenvalue weighted by atomic mass is 32.1. The summed E-state index contributed by atoms with van der Waals surface area (Å²) in [5.41, 5.74) is -1.46. The number of alkyl halides is 3. The molecule has 0 unspecified atom stereocenters. The Bertz CT molecular complexity index is 873. The number of hydrogen-bond acceptors (Lipinski definition) is 6. The van der Waals surface area contributed by atoms with E-state index >= 15 is 0 Å². The topological polar surface area (TPSA) is 90.3 Å². The van der Waals surface area contributed by atoms with E-state index in [0.29, 0.717) is 22.5 Å². The summed E-state index contributed by atoms with van der Waals surface area (Å²) in [5.74, 6) is -1.38. The van der Waals surface area contributed by atoms with Gasteiger partial charge in [-0.2, -0.15) is 13.2 Å². The molecule has 0 saturated heterocycles. The molecule has 2 aromatic rings. The molecule has 0 spiro atoms. The molecule has 2 aromatic heterocycles. The minimum absolute atomic E-state index is 0.0722. The number of carbonyl (C=O) groups is 2. The maximum Gasteiger partial charge on any atom is 0.417 e. The van der Waals surface area contributed by atoms with Gasteiger partial charge in [0, 0.05) is 12.3 Å². The van der Waals surface area contributed by atoms with Gasteiger partial charge in [0.2, 0.25) is 5.91 Å². The van der Waals surface area contributed by atoms with Gasteiger partial charge in [-0.25, -0.2) is 9.78 Å². The molecule has 2 heterocycles. The first-order valence-electron chi connectivity index (χ1n) is 6.75. The number of ether oxygens (including phenoxy) is 1. The number of aromatic nitrogens is 2. The molecule has 2 rings (SSSR count). The molecule has 25 heavy (non-hydrogen) atoms. The van der Waals surface area contributed by atoms with E-state index in [1.54, 1.807) is 0 Å². The summed E-state index contributed by atoms with van der Waals surface area (Å²) in [6, 6.07) is 1.38. The van der Waals surface area contributed by atoms with E-state index in [0.717, 1.165) is 17.4 Å². The van der Waals surface area contributed by atoms with E-state index in [1.807, 2.05) is 0 Å². The van der Waals surface area contributed by atoms with Crippen molar-refractivity contribution in [2.45, 2.75) is 19.6 Å². The Hall–Kier alpha value is -2.69.